The van der Waals surface area contributed by atoms with Gasteiger partial charge in [-0.25, -0.2) is 4.98 Å². The maximum atomic E-state index is 13.3. The number of hydrogen-bond acceptors (Lipinski definition) is 4. The summed E-state index contributed by atoms with van der Waals surface area (Å²) in [5, 5.41) is 3.32. The van der Waals surface area contributed by atoms with Crippen molar-refractivity contribution in [1.82, 2.24) is 9.97 Å². The van der Waals surface area contributed by atoms with E-state index >= 15 is 0 Å². The Morgan fingerprint density at radius 1 is 1.19 bits per heavy atom. The summed E-state index contributed by atoms with van der Waals surface area (Å²) in [6.45, 7) is 0.138. The molecule has 26 heavy (non-hydrogen) atoms. The number of H-pyrrole nitrogens is 1. The van der Waals surface area contributed by atoms with Crippen molar-refractivity contribution >= 4 is 22.5 Å². The highest BCUT2D eigenvalue weighted by Crippen LogP contribution is 2.47. The number of aromatic amines is 1. The van der Waals surface area contributed by atoms with E-state index in [-0.39, 0.29) is 23.7 Å². The summed E-state index contributed by atoms with van der Waals surface area (Å²) in [5.41, 5.74) is 0.909. The molecule has 0 saturated heterocycles. The molecule has 1 saturated carbocycles. The van der Waals surface area contributed by atoms with E-state index in [1.165, 1.54) is 0 Å². The number of para-hydroxylation sites is 1. The van der Waals surface area contributed by atoms with Crippen molar-refractivity contribution in [2.45, 2.75) is 24.9 Å². The number of nitrogens with one attached hydrogen (secondary N) is 2. The van der Waals surface area contributed by atoms with Crippen LogP contribution in [0.5, 0.6) is 11.5 Å². The molecule has 0 spiro atoms. The SMILES string of the molecule is FC(F)(F)c1c[nH]c2nc(Nc3cccc4c3OCO4)cc(C3CC3)c12. The van der Waals surface area contributed by atoms with Gasteiger partial charge in [-0.3, -0.25) is 0 Å². The fourth-order valence-electron chi connectivity index (χ4n) is 3.34. The second-order valence-corrected chi connectivity index (χ2v) is 6.46. The third-order valence-electron chi connectivity index (χ3n) is 4.65. The van der Waals surface area contributed by atoms with Crippen LogP contribution >= 0.6 is 0 Å². The molecule has 134 valence electrons. The number of ether oxygens (including phenoxy) is 2. The van der Waals surface area contributed by atoms with Gasteiger partial charge in [0.25, 0.3) is 0 Å². The number of pyridine rings is 1. The van der Waals surface area contributed by atoms with E-state index in [2.05, 4.69) is 15.3 Å². The van der Waals surface area contributed by atoms with Crippen molar-refractivity contribution in [3.05, 3.63) is 41.6 Å². The van der Waals surface area contributed by atoms with Gasteiger partial charge in [-0.15, -0.1) is 0 Å². The molecule has 8 heteroatoms. The van der Waals surface area contributed by atoms with Crippen LogP contribution in [0, 0.1) is 0 Å². The first-order chi connectivity index (χ1) is 12.5. The van der Waals surface area contributed by atoms with Crippen LogP contribution in [-0.2, 0) is 6.18 Å². The van der Waals surface area contributed by atoms with Gasteiger partial charge in [0, 0.05) is 11.6 Å². The predicted octanol–water partition coefficient (Wildman–Crippen LogP) is 4.93. The Kier molecular flexibility index (Phi) is 3.13. The van der Waals surface area contributed by atoms with Crippen molar-refractivity contribution in [1.29, 1.82) is 0 Å². The minimum absolute atomic E-state index is 0.138. The van der Waals surface area contributed by atoms with Crippen molar-refractivity contribution < 1.29 is 22.6 Å². The van der Waals surface area contributed by atoms with E-state index in [0.29, 0.717) is 28.6 Å². The number of rotatable bonds is 3. The number of fused-ring (bicyclic) bond motifs is 2. The highest BCUT2D eigenvalue weighted by atomic mass is 19.4. The normalized spacial score (nSPS) is 16.3. The van der Waals surface area contributed by atoms with Crippen LogP contribution in [0.15, 0.2) is 30.5 Å². The standard InChI is InChI=1S/C18H14F3N3O2/c19-18(20,21)11-7-22-17-15(11)10(9-4-5-9)6-14(24-17)23-12-2-1-3-13-16(12)26-8-25-13/h1-3,6-7,9H,4-5,8H2,(H2,22,23,24). The number of hydrogen-bond donors (Lipinski definition) is 2. The third-order valence-corrected chi connectivity index (χ3v) is 4.65. The summed E-state index contributed by atoms with van der Waals surface area (Å²) in [7, 11) is 0. The van der Waals surface area contributed by atoms with Crippen LogP contribution in [0.1, 0.15) is 29.9 Å². The number of halogens is 3. The molecule has 0 radical (unpaired) electrons. The van der Waals surface area contributed by atoms with E-state index in [9.17, 15) is 13.2 Å². The van der Waals surface area contributed by atoms with Crippen molar-refractivity contribution in [3.63, 3.8) is 0 Å². The second kappa shape index (κ2) is 5.30. The summed E-state index contributed by atoms with van der Waals surface area (Å²) < 4.78 is 50.8. The molecule has 0 unspecified atom stereocenters. The average Bonchev–Trinajstić information content (AvgIpc) is 3.15. The van der Waals surface area contributed by atoms with Gasteiger partial charge in [-0.05, 0) is 42.5 Å². The van der Waals surface area contributed by atoms with Gasteiger partial charge in [-0.2, -0.15) is 13.2 Å². The second-order valence-electron chi connectivity index (χ2n) is 6.46. The zero-order valence-corrected chi connectivity index (χ0v) is 13.5. The van der Waals surface area contributed by atoms with Crippen LogP contribution in [-0.4, -0.2) is 16.8 Å². The lowest BCUT2D eigenvalue weighted by Crippen LogP contribution is -2.05. The zero-order valence-electron chi connectivity index (χ0n) is 13.5. The maximum absolute atomic E-state index is 13.3. The summed E-state index contributed by atoms with van der Waals surface area (Å²) in [4.78, 5) is 7.01. The Bertz CT molecular complexity index is 1010. The third kappa shape index (κ3) is 2.44. The smallest absolute Gasteiger partial charge is 0.418 e. The van der Waals surface area contributed by atoms with Crippen LogP contribution in [0.25, 0.3) is 11.0 Å². The first-order valence-electron chi connectivity index (χ1n) is 8.25. The lowest BCUT2D eigenvalue weighted by molar-refractivity contribution is -0.136. The van der Waals surface area contributed by atoms with E-state index < -0.39 is 11.7 Å². The van der Waals surface area contributed by atoms with E-state index in [0.717, 1.165) is 19.0 Å². The van der Waals surface area contributed by atoms with E-state index in [4.69, 9.17) is 9.47 Å². The van der Waals surface area contributed by atoms with Gasteiger partial charge in [0.05, 0.1) is 11.3 Å². The molecule has 1 aromatic carbocycles. The zero-order chi connectivity index (χ0) is 17.9. The average molecular weight is 361 g/mol. The molecule has 2 aliphatic rings. The highest BCUT2D eigenvalue weighted by Gasteiger charge is 2.37. The van der Waals surface area contributed by atoms with Crippen LogP contribution < -0.4 is 14.8 Å². The van der Waals surface area contributed by atoms with Gasteiger partial charge >= 0.3 is 6.18 Å². The molecule has 3 heterocycles. The predicted molar refractivity (Wildman–Crippen MR) is 88.9 cm³/mol. The highest BCUT2D eigenvalue weighted by molar-refractivity contribution is 5.87. The van der Waals surface area contributed by atoms with Crippen molar-refractivity contribution in [2.75, 3.05) is 12.1 Å². The molecular formula is C18H14F3N3O2. The Morgan fingerprint density at radius 2 is 2.04 bits per heavy atom. The molecule has 5 nitrogen and oxygen atoms in total. The minimum atomic E-state index is -4.41. The molecule has 0 atom stereocenters. The first kappa shape index (κ1) is 15.4. The Balaban J connectivity index is 1.61. The largest absolute Gasteiger partial charge is 0.454 e. The minimum Gasteiger partial charge on any atom is -0.454 e. The molecule has 1 aliphatic heterocycles. The number of anilines is 2. The van der Waals surface area contributed by atoms with E-state index in [1.807, 2.05) is 12.1 Å². The van der Waals surface area contributed by atoms with Gasteiger partial charge in [0.2, 0.25) is 6.79 Å². The summed E-state index contributed by atoms with van der Waals surface area (Å²) in [6.07, 6.45) is -1.65. The lowest BCUT2D eigenvalue weighted by Gasteiger charge is -2.12. The molecule has 3 aromatic rings. The number of aromatic nitrogens is 2. The van der Waals surface area contributed by atoms with Crippen LogP contribution in [0.2, 0.25) is 0 Å². The van der Waals surface area contributed by atoms with Crippen molar-refractivity contribution in [2.24, 2.45) is 0 Å². The molecule has 5 rings (SSSR count). The number of benzene rings is 1. The summed E-state index contributed by atoms with van der Waals surface area (Å²) in [6, 6.07) is 7.12. The monoisotopic (exact) mass is 361 g/mol. The molecule has 1 aliphatic carbocycles. The fourth-order valence-corrected chi connectivity index (χ4v) is 3.34. The van der Waals surface area contributed by atoms with Crippen LogP contribution in [0.3, 0.4) is 0 Å². The quantitative estimate of drug-likeness (QED) is 0.694. The van der Waals surface area contributed by atoms with Gasteiger partial charge < -0.3 is 19.8 Å². The molecule has 1 fully saturated rings. The molecule has 0 amide bonds. The number of nitrogens with zero attached hydrogens (tertiary/aromatic N) is 1. The topological polar surface area (TPSA) is 59.2 Å². The number of alkyl halides is 3. The van der Waals surface area contributed by atoms with Gasteiger partial charge in [0.15, 0.2) is 11.5 Å². The Labute approximate surface area is 146 Å². The Hall–Kier alpha value is -2.90. The molecular weight excluding hydrogens is 347 g/mol. The summed E-state index contributed by atoms with van der Waals surface area (Å²) in [5.74, 6) is 1.81. The molecule has 2 aromatic heterocycles. The van der Waals surface area contributed by atoms with Gasteiger partial charge in [-0.1, -0.05) is 6.07 Å². The molecule has 2 N–H and O–H groups in total. The first-order valence-corrected chi connectivity index (χ1v) is 8.25. The maximum Gasteiger partial charge on any atom is 0.418 e. The van der Waals surface area contributed by atoms with Crippen LogP contribution in [0.4, 0.5) is 24.7 Å². The lowest BCUT2D eigenvalue weighted by atomic mass is 10.0. The van der Waals surface area contributed by atoms with Crippen molar-refractivity contribution in [3.8, 4) is 11.5 Å². The Morgan fingerprint density at radius 3 is 2.81 bits per heavy atom. The van der Waals surface area contributed by atoms with Gasteiger partial charge in [0.1, 0.15) is 11.5 Å². The van der Waals surface area contributed by atoms with E-state index in [1.54, 1.807) is 12.1 Å². The summed E-state index contributed by atoms with van der Waals surface area (Å²) >= 11 is 0. The molecule has 0 bridgehead atoms. The fraction of sp³-hybridized carbons (Fsp3) is 0.278.